The van der Waals surface area contributed by atoms with Crippen molar-refractivity contribution >= 4 is 43.2 Å². The van der Waals surface area contributed by atoms with E-state index in [0.717, 1.165) is 54.3 Å². The van der Waals surface area contributed by atoms with Gasteiger partial charge in [0.05, 0.1) is 29.2 Å². The molecule has 5 heterocycles. The van der Waals surface area contributed by atoms with E-state index in [2.05, 4.69) is 20.9 Å². The summed E-state index contributed by atoms with van der Waals surface area (Å²) in [6.07, 6.45) is 1.71. The topological polar surface area (TPSA) is 118 Å². The average Bonchev–Trinajstić information content (AvgIpc) is 3.26. The van der Waals surface area contributed by atoms with Crippen LogP contribution in [0.3, 0.4) is 0 Å². The number of piperazine rings is 1. The highest BCUT2D eigenvalue weighted by molar-refractivity contribution is 7.89. The number of anilines is 2. The zero-order valence-corrected chi connectivity index (χ0v) is 22.4. The number of hydrogen-bond donors (Lipinski definition) is 1. The lowest BCUT2D eigenvalue weighted by Crippen LogP contribution is -2.49. The maximum Gasteiger partial charge on any atom is 0.214 e. The number of nitrogens with zero attached hydrogens (tertiary/aromatic N) is 6. The molecule has 12 heteroatoms. The summed E-state index contributed by atoms with van der Waals surface area (Å²) in [6.45, 7) is 10.1. The number of morpholine rings is 1. The van der Waals surface area contributed by atoms with E-state index in [-0.39, 0.29) is 11.7 Å². The first-order chi connectivity index (χ1) is 17.3. The van der Waals surface area contributed by atoms with Gasteiger partial charge in [-0.15, -0.1) is 11.3 Å². The van der Waals surface area contributed by atoms with Crippen LogP contribution < -0.4 is 10.6 Å². The highest BCUT2D eigenvalue weighted by atomic mass is 32.2. The summed E-state index contributed by atoms with van der Waals surface area (Å²) < 4.78 is 33.5. The van der Waals surface area contributed by atoms with Gasteiger partial charge in [0, 0.05) is 62.5 Å². The van der Waals surface area contributed by atoms with Gasteiger partial charge in [0.15, 0.2) is 11.6 Å². The molecule has 2 aliphatic rings. The summed E-state index contributed by atoms with van der Waals surface area (Å²) in [5.74, 6) is 2.35. The van der Waals surface area contributed by atoms with Crippen LogP contribution in [-0.2, 0) is 21.3 Å². The molecule has 0 radical (unpaired) electrons. The van der Waals surface area contributed by atoms with Gasteiger partial charge in [0.25, 0.3) is 0 Å². The summed E-state index contributed by atoms with van der Waals surface area (Å²) in [5.41, 5.74) is 7.51. The third-order valence-electron chi connectivity index (χ3n) is 6.41. The molecule has 2 aliphatic heterocycles. The van der Waals surface area contributed by atoms with Crippen molar-refractivity contribution < 1.29 is 13.2 Å². The lowest BCUT2D eigenvalue weighted by Gasteiger charge is -2.34. The van der Waals surface area contributed by atoms with Crippen LogP contribution in [0.15, 0.2) is 24.4 Å². The minimum atomic E-state index is -3.19. The van der Waals surface area contributed by atoms with E-state index in [1.165, 1.54) is 4.88 Å². The number of pyridine rings is 1. The normalized spacial score (nSPS) is 18.4. The smallest absolute Gasteiger partial charge is 0.214 e. The molecule has 0 atom stereocenters. The predicted molar refractivity (Wildman–Crippen MR) is 144 cm³/mol. The Labute approximate surface area is 216 Å². The second kappa shape index (κ2) is 10.5. The van der Waals surface area contributed by atoms with Crippen LogP contribution in [0.4, 0.5) is 11.6 Å². The molecule has 3 aromatic rings. The molecule has 0 amide bonds. The summed E-state index contributed by atoms with van der Waals surface area (Å²) >= 11 is 1.72. The monoisotopic (exact) mass is 531 g/mol. The number of nitrogen functional groups attached to an aromatic ring is 1. The molecule has 10 nitrogen and oxygen atoms in total. The molecule has 0 saturated carbocycles. The van der Waals surface area contributed by atoms with Crippen LogP contribution >= 0.6 is 11.3 Å². The van der Waals surface area contributed by atoms with Gasteiger partial charge in [0.2, 0.25) is 10.0 Å². The van der Waals surface area contributed by atoms with Crippen LogP contribution in [0, 0.1) is 5.92 Å². The molecule has 194 valence electrons. The van der Waals surface area contributed by atoms with Gasteiger partial charge >= 0.3 is 0 Å². The second-order valence-corrected chi connectivity index (χ2v) is 12.9. The minimum absolute atomic E-state index is 0.127. The number of rotatable bonds is 7. The molecule has 0 aliphatic carbocycles. The Morgan fingerprint density at radius 2 is 1.83 bits per heavy atom. The average molecular weight is 532 g/mol. The first kappa shape index (κ1) is 25.3. The molecule has 2 N–H and O–H groups in total. The number of aromatic nitrogens is 3. The fraction of sp³-hybridized carbons (Fsp3) is 0.542. The Bertz CT molecular complexity index is 1300. The number of hydrogen-bond acceptors (Lipinski definition) is 10. The zero-order chi connectivity index (χ0) is 25.3. The number of ether oxygens (including phenoxy) is 1. The van der Waals surface area contributed by atoms with Crippen molar-refractivity contribution in [2.24, 2.45) is 5.92 Å². The van der Waals surface area contributed by atoms with Crippen LogP contribution in [-0.4, -0.2) is 90.8 Å². The van der Waals surface area contributed by atoms with Gasteiger partial charge in [0.1, 0.15) is 5.82 Å². The van der Waals surface area contributed by atoms with Gasteiger partial charge < -0.3 is 15.4 Å². The van der Waals surface area contributed by atoms with E-state index in [1.54, 1.807) is 27.9 Å². The third kappa shape index (κ3) is 5.62. The Morgan fingerprint density at radius 3 is 2.50 bits per heavy atom. The molecule has 0 unspecified atom stereocenters. The minimum Gasteiger partial charge on any atom is -0.384 e. The Morgan fingerprint density at radius 1 is 1.08 bits per heavy atom. The van der Waals surface area contributed by atoms with Crippen molar-refractivity contribution in [2.75, 3.05) is 68.9 Å². The summed E-state index contributed by atoms with van der Waals surface area (Å²) in [5, 5.41) is 0. The van der Waals surface area contributed by atoms with Gasteiger partial charge in [-0.25, -0.2) is 23.4 Å². The van der Waals surface area contributed by atoms with E-state index in [9.17, 15) is 8.42 Å². The first-order valence-corrected chi connectivity index (χ1v) is 14.8. The van der Waals surface area contributed by atoms with Crippen molar-refractivity contribution in [2.45, 2.75) is 20.4 Å². The van der Waals surface area contributed by atoms with Gasteiger partial charge in [-0.3, -0.25) is 4.90 Å². The molecule has 2 fully saturated rings. The number of sulfonamides is 1. The summed E-state index contributed by atoms with van der Waals surface area (Å²) in [6, 6.07) is 5.80. The number of thiophene rings is 1. The van der Waals surface area contributed by atoms with Crippen molar-refractivity contribution in [1.82, 2.24) is 24.2 Å². The first-order valence-electron chi connectivity index (χ1n) is 12.3. The van der Waals surface area contributed by atoms with Crippen LogP contribution in [0.2, 0.25) is 0 Å². The van der Waals surface area contributed by atoms with Crippen molar-refractivity contribution in [1.29, 1.82) is 0 Å². The molecule has 2 saturated heterocycles. The lowest BCUT2D eigenvalue weighted by molar-refractivity contribution is 0.122. The molecule has 36 heavy (non-hydrogen) atoms. The standard InChI is InChI=1S/C24H33N7O3S2/c1-17(2)16-36(32,33)31-7-5-29(6-8-31)15-19-13-20-22(35-19)24(30-9-11-34-12-10-30)28-23(27-20)18-3-4-21(25)26-14-18/h3-4,13-14,17H,5-12,15-16H2,1-2H3,(H2,25,26). The fourth-order valence-electron chi connectivity index (χ4n) is 4.61. The van der Waals surface area contributed by atoms with Crippen LogP contribution in [0.5, 0.6) is 0 Å². The summed E-state index contributed by atoms with van der Waals surface area (Å²) in [4.78, 5) is 19.8. The largest absolute Gasteiger partial charge is 0.384 e. The quantitative estimate of drug-likeness (QED) is 0.490. The summed E-state index contributed by atoms with van der Waals surface area (Å²) in [7, 11) is -3.19. The van der Waals surface area contributed by atoms with Gasteiger partial charge in [-0.05, 0) is 24.1 Å². The Hall–Kier alpha value is -2.38. The molecule has 5 rings (SSSR count). The van der Waals surface area contributed by atoms with Crippen LogP contribution in [0.1, 0.15) is 18.7 Å². The van der Waals surface area contributed by atoms with Crippen molar-refractivity contribution in [3.63, 3.8) is 0 Å². The van der Waals surface area contributed by atoms with E-state index < -0.39 is 10.0 Å². The maximum atomic E-state index is 12.6. The highest BCUT2D eigenvalue weighted by Crippen LogP contribution is 2.35. The predicted octanol–water partition coefficient (Wildman–Crippen LogP) is 2.28. The van der Waals surface area contributed by atoms with E-state index in [1.807, 2.05) is 19.9 Å². The zero-order valence-electron chi connectivity index (χ0n) is 20.8. The van der Waals surface area contributed by atoms with E-state index >= 15 is 0 Å². The van der Waals surface area contributed by atoms with Gasteiger partial charge in [-0.2, -0.15) is 4.31 Å². The molecule has 0 bridgehead atoms. The van der Waals surface area contributed by atoms with Crippen LogP contribution in [0.25, 0.3) is 21.6 Å². The Kier molecular flexibility index (Phi) is 7.40. The molecule has 0 aromatic carbocycles. The fourth-order valence-corrected chi connectivity index (χ4v) is 7.54. The SMILES string of the molecule is CC(C)CS(=O)(=O)N1CCN(Cc2cc3nc(-c4ccc(N)nc4)nc(N4CCOCC4)c3s2)CC1. The van der Waals surface area contributed by atoms with Crippen molar-refractivity contribution in [3.05, 3.63) is 29.3 Å². The molecular weight excluding hydrogens is 498 g/mol. The lowest BCUT2D eigenvalue weighted by atomic mass is 10.2. The van der Waals surface area contributed by atoms with E-state index in [4.69, 9.17) is 20.4 Å². The Balaban J connectivity index is 1.38. The number of nitrogens with two attached hydrogens (primary N) is 1. The van der Waals surface area contributed by atoms with Crippen molar-refractivity contribution in [3.8, 4) is 11.4 Å². The van der Waals surface area contributed by atoms with E-state index in [0.29, 0.717) is 37.9 Å². The number of fused-ring (bicyclic) bond motifs is 1. The highest BCUT2D eigenvalue weighted by Gasteiger charge is 2.28. The second-order valence-electron chi connectivity index (χ2n) is 9.72. The van der Waals surface area contributed by atoms with Gasteiger partial charge in [-0.1, -0.05) is 13.8 Å². The maximum absolute atomic E-state index is 12.6. The molecular formula is C24H33N7O3S2. The molecule has 0 spiro atoms. The molecule has 3 aromatic heterocycles. The third-order valence-corrected chi connectivity index (χ3v) is 9.75.